The molecular formula is C25H27F2N5O2. The number of rotatable bonds is 4. The molecule has 0 spiro atoms. The molecule has 4 heterocycles. The first-order chi connectivity index (χ1) is 16.4. The van der Waals surface area contributed by atoms with Gasteiger partial charge in [-0.3, -0.25) is 14.5 Å². The van der Waals surface area contributed by atoms with Crippen LogP contribution in [0.1, 0.15) is 41.4 Å². The van der Waals surface area contributed by atoms with Crippen molar-refractivity contribution in [2.24, 2.45) is 0 Å². The third kappa shape index (κ3) is 4.16. The summed E-state index contributed by atoms with van der Waals surface area (Å²) in [6.07, 6.45) is 4.36. The van der Waals surface area contributed by atoms with Gasteiger partial charge in [-0.2, -0.15) is 0 Å². The Morgan fingerprint density at radius 3 is 2.65 bits per heavy atom. The van der Waals surface area contributed by atoms with Gasteiger partial charge in [-0.1, -0.05) is 12.1 Å². The largest absolute Gasteiger partial charge is 0.370 e. The standard InChI is InChI=1S/C25H27F2N5O2/c1-28-25(34)23-20(27)12-18(13-29-23)31-9-6-17(7-10-31)32-8-5-16(14-32)21-11-15-3-2-4-19(26)22(15)24(33)30-21/h2-4,11-13,16-17H,5-10,14H2,1H3,(H,28,34)(H,30,33). The van der Waals surface area contributed by atoms with Gasteiger partial charge in [0, 0.05) is 50.4 Å². The van der Waals surface area contributed by atoms with Gasteiger partial charge < -0.3 is 15.2 Å². The molecule has 2 aliphatic heterocycles. The summed E-state index contributed by atoms with van der Waals surface area (Å²) in [6.45, 7) is 3.34. The lowest BCUT2D eigenvalue weighted by Gasteiger charge is -2.37. The summed E-state index contributed by atoms with van der Waals surface area (Å²) in [5.74, 6) is -1.45. The number of halogens is 2. The minimum atomic E-state index is -0.620. The molecule has 0 saturated carbocycles. The predicted octanol–water partition coefficient (Wildman–Crippen LogP) is 3.02. The van der Waals surface area contributed by atoms with Crippen LogP contribution >= 0.6 is 0 Å². The first kappa shape index (κ1) is 22.5. The molecule has 1 atom stereocenters. The molecule has 1 amide bonds. The van der Waals surface area contributed by atoms with Crippen molar-refractivity contribution in [2.45, 2.75) is 31.2 Å². The summed E-state index contributed by atoms with van der Waals surface area (Å²) in [5.41, 5.74) is 0.976. The van der Waals surface area contributed by atoms with Crippen LogP contribution in [0.15, 0.2) is 41.3 Å². The van der Waals surface area contributed by atoms with E-state index in [-0.39, 0.29) is 22.6 Å². The second-order valence-corrected chi connectivity index (χ2v) is 9.06. The highest BCUT2D eigenvalue weighted by Crippen LogP contribution is 2.32. The van der Waals surface area contributed by atoms with Crippen molar-refractivity contribution >= 4 is 22.4 Å². The summed E-state index contributed by atoms with van der Waals surface area (Å²) >= 11 is 0. The van der Waals surface area contributed by atoms with Gasteiger partial charge in [0.15, 0.2) is 11.5 Å². The molecule has 5 rings (SSSR count). The Balaban J connectivity index is 1.22. The number of piperidine rings is 1. The molecule has 2 fully saturated rings. The quantitative estimate of drug-likeness (QED) is 0.617. The number of aromatic nitrogens is 2. The smallest absolute Gasteiger partial charge is 0.272 e. The van der Waals surface area contributed by atoms with Gasteiger partial charge in [-0.25, -0.2) is 13.8 Å². The normalized spacial score (nSPS) is 19.6. The molecule has 0 bridgehead atoms. The number of likely N-dealkylation sites (tertiary alicyclic amines) is 1. The topological polar surface area (TPSA) is 81.3 Å². The molecule has 9 heteroatoms. The number of hydrogen-bond donors (Lipinski definition) is 2. The second kappa shape index (κ2) is 9.13. The number of carbonyl (C=O) groups is 1. The highest BCUT2D eigenvalue weighted by molar-refractivity contribution is 5.92. The summed E-state index contributed by atoms with van der Waals surface area (Å²) in [4.78, 5) is 35.6. The van der Waals surface area contributed by atoms with Crippen molar-refractivity contribution in [1.82, 2.24) is 20.2 Å². The van der Waals surface area contributed by atoms with E-state index in [0.717, 1.165) is 51.1 Å². The number of nitrogens with one attached hydrogen (secondary N) is 2. The third-order valence-electron chi connectivity index (χ3n) is 7.12. The first-order valence-electron chi connectivity index (χ1n) is 11.6. The van der Waals surface area contributed by atoms with Crippen LogP contribution in [0.2, 0.25) is 0 Å². The van der Waals surface area contributed by atoms with Crippen LogP contribution in [0, 0.1) is 11.6 Å². The van der Waals surface area contributed by atoms with E-state index >= 15 is 0 Å². The Kier molecular flexibility index (Phi) is 6.03. The van der Waals surface area contributed by atoms with Gasteiger partial charge in [0.1, 0.15) is 5.82 Å². The number of hydrogen-bond acceptors (Lipinski definition) is 5. The maximum Gasteiger partial charge on any atom is 0.272 e. The number of H-pyrrole nitrogens is 1. The zero-order valence-electron chi connectivity index (χ0n) is 19.0. The van der Waals surface area contributed by atoms with Crippen LogP contribution in [-0.2, 0) is 0 Å². The minimum Gasteiger partial charge on any atom is -0.370 e. The van der Waals surface area contributed by atoms with Gasteiger partial charge in [-0.05, 0) is 43.3 Å². The molecule has 2 saturated heterocycles. The monoisotopic (exact) mass is 467 g/mol. The average Bonchev–Trinajstić information content (AvgIpc) is 3.34. The van der Waals surface area contributed by atoms with Crippen LogP contribution in [0.3, 0.4) is 0 Å². The number of pyridine rings is 2. The van der Waals surface area contributed by atoms with Crippen molar-refractivity contribution in [3.63, 3.8) is 0 Å². The van der Waals surface area contributed by atoms with Crippen LogP contribution in [0.25, 0.3) is 10.8 Å². The molecule has 2 aromatic heterocycles. The predicted molar refractivity (Wildman–Crippen MR) is 126 cm³/mol. The van der Waals surface area contributed by atoms with Crippen LogP contribution < -0.4 is 15.8 Å². The Bertz CT molecular complexity index is 1290. The molecule has 0 aliphatic carbocycles. The molecule has 1 aromatic carbocycles. The number of nitrogens with zero attached hydrogens (tertiary/aromatic N) is 3. The van der Waals surface area contributed by atoms with Crippen molar-refractivity contribution in [3.8, 4) is 0 Å². The van der Waals surface area contributed by atoms with E-state index in [4.69, 9.17) is 0 Å². The van der Waals surface area contributed by atoms with Crippen LogP contribution in [0.5, 0.6) is 0 Å². The Morgan fingerprint density at radius 2 is 1.91 bits per heavy atom. The fourth-order valence-corrected chi connectivity index (χ4v) is 5.27. The zero-order chi connectivity index (χ0) is 23.8. The number of anilines is 1. The van der Waals surface area contributed by atoms with Gasteiger partial charge in [-0.15, -0.1) is 0 Å². The van der Waals surface area contributed by atoms with Gasteiger partial charge in [0.25, 0.3) is 11.5 Å². The summed E-state index contributed by atoms with van der Waals surface area (Å²) in [5, 5.41) is 3.14. The molecule has 1 unspecified atom stereocenters. The SMILES string of the molecule is CNC(=O)c1ncc(N2CCC(N3CCC(c4cc5cccc(F)c5c(=O)[nH]4)C3)CC2)cc1F. The molecule has 178 valence electrons. The fraction of sp³-hybridized carbons (Fsp3) is 0.400. The van der Waals surface area contributed by atoms with Crippen molar-refractivity contribution in [1.29, 1.82) is 0 Å². The van der Waals surface area contributed by atoms with Gasteiger partial charge in [0.05, 0.1) is 17.3 Å². The first-order valence-corrected chi connectivity index (χ1v) is 11.6. The highest BCUT2D eigenvalue weighted by atomic mass is 19.1. The zero-order valence-corrected chi connectivity index (χ0v) is 19.0. The van der Waals surface area contributed by atoms with Crippen molar-refractivity contribution in [2.75, 3.05) is 38.1 Å². The highest BCUT2D eigenvalue weighted by Gasteiger charge is 2.32. The minimum absolute atomic E-state index is 0.114. The number of fused-ring (bicyclic) bond motifs is 1. The summed E-state index contributed by atoms with van der Waals surface area (Å²) < 4.78 is 28.3. The number of benzene rings is 1. The van der Waals surface area contributed by atoms with Crippen molar-refractivity contribution < 1.29 is 13.6 Å². The number of aromatic amines is 1. The van der Waals surface area contributed by atoms with E-state index < -0.39 is 17.5 Å². The molecule has 7 nitrogen and oxygen atoms in total. The summed E-state index contributed by atoms with van der Waals surface area (Å²) in [6, 6.07) is 8.40. The Labute approximate surface area is 195 Å². The van der Waals surface area contributed by atoms with E-state index in [1.807, 2.05) is 6.07 Å². The lowest BCUT2D eigenvalue weighted by atomic mass is 10.0. The molecule has 0 radical (unpaired) electrons. The van der Waals surface area contributed by atoms with E-state index in [1.165, 1.54) is 19.2 Å². The van der Waals surface area contributed by atoms with E-state index in [1.54, 1.807) is 18.3 Å². The molecule has 3 aromatic rings. The molecule has 2 aliphatic rings. The van der Waals surface area contributed by atoms with Crippen LogP contribution in [-0.4, -0.2) is 60.0 Å². The average molecular weight is 468 g/mol. The second-order valence-electron chi connectivity index (χ2n) is 9.06. The van der Waals surface area contributed by atoms with Gasteiger partial charge >= 0.3 is 0 Å². The maximum absolute atomic E-state index is 14.3. The summed E-state index contributed by atoms with van der Waals surface area (Å²) in [7, 11) is 1.45. The Hall–Kier alpha value is -3.33. The molecule has 2 N–H and O–H groups in total. The fourth-order valence-electron chi connectivity index (χ4n) is 5.27. The maximum atomic E-state index is 14.3. The molecular weight excluding hydrogens is 440 g/mol. The van der Waals surface area contributed by atoms with Crippen LogP contribution in [0.4, 0.5) is 14.5 Å². The van der Waals surface area contributed by atoms with Crippen molar-refractivity contribution in [3.05, 3.63) is 69.9 Å². The number of carbonyl (C=O) groups excluding carboxylic acids is 1. The molecule has 34 heavy (non-hydrogen) atoms. The number of amides is 1. The van der Waals surface area contributed by atoms with E-state index in [0.29, 0.717) is 17.1 Å². The lowest BCUT2D eigenvalue weighted by Crippen LogP contribution is -2.44. The van der Waals surface area contributed by atoms with Gasteiger partial charge in [0.2, 0.25) is 0 Å². The Morgan fingerprint density at radius 1 is 1.12 bits per heavy atom. The van der Waals surface area contributed by atoms with E-state index in [9.17, 15) is 18.4 Å². The lowest BCUT2D eigenvalue weighted by molar-refractivity contribution is 0.0953. The van der Waals surface area contributed by atoms with E-state index in [2.05, 4.69) is 25.1 Å². The third-order valence-corrected chi connectivity index (χ3v) is 7.12.